The Balaban J connectivity index is 0.833. The van der Waals surface area contributed by atoms with Crippen molar-refractivity contribution in [2.45, 2.75) is 19.3 Å². The van der Waals surface area contributed by atoms with Crippen LogP contribution in [0.3, 0.4) is 0 Å². The maximum absolute atomic E-state index is 2.43. The van der Waals surface area contributed by atoms with Crippen LogP contribution in [0, 0.1) is 0 Å². The summed E-state index contributed by atoms with van der Waals surface area (Å²) in [5.74, 6) is 0. The summed E-state index contributed by atoms with van der Waals surface area (Å²) in [6, 6.07) is 124. The van der Waals surface area contributed by atoms with E-state index in [1.54, 1.807) is 0 Å². The molecule has 2 nitrogen and oxygen atoms in total. The molecule has 0 unspecified atom stereocenters. The zero-order valence-corrected chi connectivity index (χ0v) is 48.7. The molecule has 0 spiro atoms. The van der Waals surface area contributed by atoms with E-state index in [2.05, 4.69) is 363 Å². The molecule has 412 valence electrons. The zero-order chi connectivity index (χ0) is 58.3. The standard InChI is InChI=1S/C85H62N2/c1-85(2)83-33-18-17-32-77(83)78-53-52-76(56-84(78)85)87(72-46-38-63(39-47-72)70-35-34-61-24-15-16-29-68(61)54-70)74-50-42-67(43-51-74)82-58-79(64-25-11-5-12-26-64)81(57-80(82)65-27-13-6-14-28-65)66-40-48-73(49-41-66)86(71-44-36-62(37-45-71)59-20-7-3-8-21-59)75-31-19-30-69(55-75)60-22-9-4-10-23-60/h3-58H,1-2H3. The first-order valence-corrected chi connectivity index (χ1v) is 30.1. The normalized spacial score (nSPS) is 12.1. The van der Waals surface area contributed by atoms with E-state index in [0.717, 1.165) is 61.9 Å². The van der Waals surface area contributed by atoms with E-state index in [0.29, 0.717) is 0 Å². The van der Waals surface area contributed by atoms with Crippen molar-refractivity contribution in [3.63, 3.8) is 0 Å². The summed E-state index contributed by atoms with van der Waals surface area (Å²) in [6.45, 7) is 4.72. The van der Waals surface area contributed by atoms with E-state index in [9.17, 15) is 0 Å². The lowest BCUT2D eigenvalue weighted by atomic mass is 9.82. The molecule has 0 radical (unpaired) electrons. The van der Waals surface area contributed by atoms with E-state index < -0.39 is 0 Å². The van der Waals surface area contributed by atoms with Crippen LogP contribution in [0.5, 0.6) is 0 Å². The molecule has 0 aromatic heterocycles. The minimum atomic E-state index is -0.151. The molecule has 14 aromatic rings. The zero-order valence-electron chi connectivity index (χ0n) is 48.7. The molecule has 0 aliphatic heterocycles. The number of anilines is 6. The van der Waals surface area contributed by atoms with Crippen LogP contribution in [-0.4, -0.2) is 0 Å². The van der Waals surface area contributed by atoms with E-state index in [1.807, 2.05) is 0 Å². The van der Waals surface area contributed by atoms with Crippen LogP contribution >= 0.6 is 0 Å². The van der Waals surface area contributed by atoms with Gasteiger partial charge in [-0.3, -0.25) is 0 Å². The molecule has 0 atom stereocenters. The number of nitrogens with zero attached hydrogens (tertiary/aromatic N) is 2. The first kappa shape index (κ1) is 52.7. The molecule has 2 heteroatoms. The average molecular weight is 1110 g/mol. The topological polar surface area (TPSA) is 6.48 Å². The minimum Gasteiger partial charge on any atom is -0.310 e. The van der Waals surface area contributed by atoms with Crippen molar-refractivity contribution < 1.29 is 0 Å². The molecular formula is C85H62N2. The molecule has 1 aliphatic carbocycles. The highest BCUT2D eigenvalue weighted by molar-refractivity contribution is 5.97. The first-order chi connectivity index (χ1) is 42.9. The summed E-state index contributed by atoms with van der Waals surface area (Å²) < 4.78 is 0. The summed E-state index contributed by atoms with van der Waals surface area (Å²) in [4.78, 5) is 4.80. The fourth-order valence-electron chi connectivity index (χ4n) is 13.2. The molecule has 0 saturated carbocycles. The third-order valence-electron chi connectivity index (χ3n) is 17.7. The van der Waals surface area contributed by atoms with Crippen molar-refractivity contribution in [3.05, 3.63) is 351 Å². The van der Waals surface area contributed by atoms with Gasteiger partial charge in [0.05, 0.1) is 0 Å². The van der Waals surface area contributed by atoms with E-state index in [-0.39, 0.29) is 5.41 Å². The molecule has 0 saturated heterocycles. The van der Waals surface area contributed by atoms with Crippen LogP contribution < -0.4 is 9.80 Å². The molecule has 0 amide bonds. The van der Waals surface area contributed by atoms with Crippen LogP contribution in [0.1, 0.15) is 25.0 Å². The van der Waals surface area contributed by atoms with Crippen LogP contribution in [-0.2, 0) is 5.41 Å². The van der Waals surface area contributed by atoms with E-state index >= 15 is 0 Å². The lowest BCUT2D eigenvalue weighted by Crippen LogP contribution is -2.16. The smallest absolute Gasteiger partial charge is 0.0467 e. The summed E-state index contributed by atoms with van der Waals surface area (Å²) in [5, 5.41) is 2.48. The second-order valence-corrected chi connectivity index (χ2v) is 23.3. The molecule has 0 heterocycles. The van der Waals surface area contributed by atoms with Gasteiger partial charge in [0.2, 0.25) is 0 Å². The van der Waals surface area contributed by atoms with E-state index in [4.69, 9.17) is 0 Å². The molecule has 0 bridgehead atoms. The highest BCUT2D eigenvalue weighted by atomic mass is 15.1. The van der Waals surface area contributed by atoms with Gasteiger partial charge in [0.1, 0.15) is 0 Å². The monoisotopic (exact) mass is 1110 g/mol. The van der Waals surface area contributed by atoms with E-state index in [1.165, 1.54) is 83.1 Å². The Labute approximate surface area is 510 Å². The molecule has 1 aliphatic rings. The third kappa shape index (κ3) is 10.1. The summed E-state index contributed by atoms with van der Waals surface area (Å²) in [7, 11) is 0. The Kier molecular flexibility index (Phi) is 13.6. The Morgan fingerprint density at radius 2 is 0.517 bits per heavy atom. The summed E-state index contributed by atoms with van der Waals surface area (Å²) in [5.41, 5.74) is 28.1. The Morgan fingerprint density at radius 1 is 0.184 bits per heavy atom. The van der Waals surface area contributed by atoms with Gasteiger partial charge in [-0.15, -0.1) is 0 Å². The largest absolute Gasteiger partial charge is 0.310 e. The van der Waals surface area contributed by atoms with Gasteiger partial charge in [0, 0.05) is 39.5 Å². The van der Waals surface area contributed by atoms with Gasteiger partial charge in [-0.2, -0.15) is 0 Å². The van der Waals surface area contributed by atoms with Gasteiger partial charge in [0.25, 0.3) is 0 Å². The lowest BCUT2D eigenvalue weighted by Gasteiger charge is -2.28. The molecule has 0 fully saturated rings. The number of fused-ring (bicyclic) bond motifs is 4. The molecular weight excluding hydrogens is 1050 g/mol. The van der Waals surface area contributed by atoms with Crippen molar-refractivity contribution in [1.82, 2.24) is 0 Å². The van der Waals surface area contributed by atoms with Gasteiger partial charge in [-0.1, -0.05) is 263 Å². The SMILES string of the molecule is CC1(C)c2ccccc2-c2ccc(N(c3ccc(-c4ccc5ccccc5c4)cc3)c3ccc(-c4cc(-c5ccccc5)c(-c5ccc(N(c6ccc(-c7ccccc7)cc6)c6cccc(-c7ccccc7)c6)cc5)cc4-c4ccccc4)cc3)cc21. The highest BCUT2D eigenvalue weighted by Crippen LogP contribution is 2.51. The number of rotatable bonds is 13. The predicted octanol–water partition coefficient (Wildman–Crippen LogP) is 23.8. The first-order valence-electron chi connectivity index (χ1n) is 30.1. The van der Waals surface area contributed by atoms with Crippen molar-refractivity contribution in [2.24, 2.45) is 0 Å². The van der Waals surface area contributed by atoms with Crippen LogP contribution in [0.4, 0.5) is 34.1 Å². The summed E-state index contributed by atoms with van der Waals surface area (Å²) in [6.07, 6.45) is 0. The van der Waals surface area contributed by atoms with Crippen LogP contribution in [0.25, 0.3) is 99.8 Å². The average Bonchev–Trinajstić information content (AvgIpc) is 2.07. The number of benzene rings is 14. The fraction of sp³-hybridized carbons (Fsp3) is 0.0353. The van der Waals surface area contributed by atoms with Crippen LogP contribution in [0.15, 0.2) is 340 Å². The Hall–Kier alpha value is -11.1. The molecule has 14 aromatic carbocycles. The third-order valence-corrected chi connectivity index (χ3v) is 17.7. The predicted molar refractivity (Wildman–Crippen MR) is 369 cm³/mol. The molecule has 0 N–H and O–H groups in total. The van der Waals surface area contributed by atoms with Crippen molar-refractivity contribution >= 4 is 44.9 Å². The second-order valence-electron chi connectivity index (χ2n) is 23.3. The fourth-order valence-corrected chi connectivity index (χ4v) is 13.2. The number of hydrogen-bond acceptors (Lipinski definition) is 2. The Morgan fingerprint density at radius 3 is 1.03 bits per heavy atom. The van der Waals surface area contributed by atoms with Crippen molar-refractivity contribution in [1.29, 1.82) is 0 Å². The minimum absolute atomic E-state index is 0.151. The van der Waals surface area contributed by atoms with Gasteiger partial charge < -0.3 is 9.80 Å². The lowest BCUT2D eigenvalue weighted by molar-refractivity contribution is 0.660. The molecule has 15 rings (SSSR count). The molecule has 87 heavy (non-hydrogen) atoms. The van der Waals surface area contributed by atoms with Gasteiger partial charge in [-0.25, -0.2) is 0 Å². The second kappa shape index (κ2) is 22.5. The van der Waals surface area contributed by atoms with Gasteiger partial charge >= 0.3 is 0 Å². The maximum atomic E-state index is 2.43. The quantitative estimate of drug-likeness (QED) is 0.114. The maximum Gasteiger partial charge on any atom is 0.0467 e. The highest BCUT2D eigenvalue weighted by Gasteiger charge is 2.36. The summed E-state index contributed by atoms with van der Waals surface area (Å²) >= 11 is 0. The van der Waals surface area contributed by atoms with Crippen molar-refractivity contribution in [2.75, 3.05) is 9.80 Å². The van der Waals surface area contributed by atoms with Crippen molar-refractivity contribution in [3.8, 4) is 89.0 Å². The van der Waals surface area contributed by atoms with Crippen LogP contribution in [0.2, 0.25) is 0 Å². The number of hydrogen-bond donors (Lipinski definition) is 0. The van der Waals surface area contributed by atoms with Gasteiger partial charge in [0.15, 0.2) is 0 Å². The van der Waals surface area contributed by atoms with Gasteiger partial charge in [-0.05, 0) is 202 Å². The Bertz CT molecular complexity index is 4760.